The van der Waals surface area contributed by atoms with Crippen molar-refractivity contribution in [2.75, 3.05) is 39.3 Å². The summed E-state index contributed by atoms with van der Waals surface area (Å²) < 4.78 is 5.35. The van der Waals surface area contributed by atoms with Crippen molar-refractivity contribution < 1.29 is 14.3 Å². The van der Waals surface area contributed by atoms with Crippen LogP contribution in [-0.2, 0) is 9.53 Å². The zero-order valence-corrected chi connectivity index (χ0v) is 18.5. The summed E-state index contributed by atoms with van der Waals surface area (Å²) >= 11 is 1.53. The molecule has 0 bridgehead atoms. The lowest BCUT2D eigenvalue weighted by Gasteiger charge is -2.41. The first-order valence-corrected chi connectivity index (χ1v) is 12.0. The minimum absolute atomic E-state index is 0.266. The van der Waals surface area contributed by atoms with Gasteiger partial charge in [0.1, 0.15) is 0 Å². The van der Waals surface area contributed by atoms with E-state index in [1.54, 1.807) is 6.92 Å². The molecule has 1 saturated carbocycles. The minimum atomic E-state index is -0.462. The van der Waals surface area contributed by atoms with Gasteiger partial charge in [0, 0.05) is 49.3 Å². The van der Waals surface area contributed by atoms with Gasteiger partial charge in [-0.3, -0.25) is 9.80 Å². The van der Waals surface area contributed by atoms with Crippen molar-refractivity contribution >= 4 is 23.3 Å². The van der Waals surface area contributed by atoms with Gasteiger partial charge in [-0.15, -0.1) is 11.3 Å². The summed E-state index contributed by atoms with van der Waals surface area (Å²) in [7, 11) is 0. The predicted molar refractivity (Wildman–Crippen MR) is 117 cm³/mol. The molecule has 2 amide bonds. The van der Waals surface area contributed by atoms with Gasteiger partial charge >= 0.3 is 12.0 Å². The number of carbonyl (C=O) groups excluding carboxylic acids is 2. The summed E-state index contributed by atoms with van der Waals surface area (Å²) in [6.45, 7) is 6.66. The number of nitrogens with one attached hydrogen (secondary N) is 2. The molecule has 4 rings (SSSR count). The van der Waals surface area contributed by atoms with Crippen LogP contribution in [0.15, 0.2) is 28.8 Å². The Bertz CT molecular complexity index is 765. The number of esters is 1. The normalized spacial score (nSPS) is 24.4. The van der Waals surface area contributed by atoms with Crippen molar-refractivity contribution in [3.8, 4) is 0 Å². The molecule has 1 aromatic rings. The topological polar surface area (TPSA) is 73.9 Å². The van der Waals surface area contributed by atoms with E-state index in [9.17, 15) is 9.59 Å². The van der Waals surface area contributed by atoms with Crippen molar-refractivity contribution in [3.63, 3.8) is 0 Å². The molecule has 0 spiro atoms. The van der Waals surface area contributed by atoms with E-state index in [2.05, 4.69) is 20.4 Å². The number of hydrogen-bond donors (Lipinski definition) is 2. The summed E-state index contributed by atoms with van der Waals surface area (Å²) in [5.74, 6) is -0.362. The molecule has 3 aliphatic rings. The third kappa shape index (κ3) is 4.87. The van der Waals surface area contributed by atoms with Crippen LogP contribution in [0.5, 0.6) is 0 Å². The maximum absolute atomic E-state index is 12.8. The van der Waals surface area contributed by atoms with Gasteiger partial charge in [0.25, 0.3) is 0 Å². The lowest BCUT2D eigenvalue weighted by atomic mass is 9.94. The van der Waals surface area contributed by atoms with Crippen molar-refractivity contribution in [2.45, 2.75) is 51.1 Å². The monoisotopic (exact) mass is 432 g/mol. The molecular formula is C22H32N4O3S. The van der Waals surface area contributed by atoms with E-state index in [4.69, 9.17) is 4.74 Å². The Morgan fingerprint density at radius 3 is 2.63 bits per heavy atom. The van der Waals surface area contributed by atoms with Crippen LogP contribution >= 0.6 is 11.3 Å². The fraction of sp³-hybridized carbons (Fsp3) is 0.636. The van der Waals surface area contributed by atoms with Gasteiger partial charge in [0.2, 0.25) is 0 Å². The molecule has 0 unspecified atom stereocenters. The van der Waals surface area contributed by atoms with E-state index in [1.165, 1.54) is 43.4 Å². The van der Waals surface area contributed by atoms with Crippen molar-refractivity contribution in [1.29, 1.82) is 0 Å². The first-order chi connectivity index (χ1) is 14.7. The second-order valence-corrected chi connectivity index (χ2v) is 9.24. The Morgan fingerprint density at radius 2 is 1.97 bits per heavy atom. The Balaban J connectivity index is 1.48. The number of thiophene rings is 1. The highest BCUT2D eigenvalue weighted by atomic mass is 32.1. The van der Waals surface area contributed by atoms with E-state index < -0.39 is 6.04 Å². The van der Waals surface area contributed by atoms with E-state index in [1.807, 2.05) is 17.5 Å². The van der Waals surface area contributed by atoms with Gasteiger partial charge in [-0.2, -0.15) is 0 Å². The molecule has 2 N–H and O–H groups in total. The molecule has 0 aromatic carbocycles. The van der Waals surface area contributed by atoms with Crippen LogP contribution in [-0.4, -0.2) is 67.2 Å². The van der Waals surface area contributed by atoms with Crippen molar-refractivity contribution in [1.82, 2.24) is 20.4 Å². The Morgan fingerprint density at radius 1 is 1.20 bits per heavy atom. The largest absolute Gasteiger partial charge is 0.463 e. The Kier molecular flexibility index (Phi) is 7.07. The number of nitrogens with zero attached hydrogens (tertiary/aromatic N) is 2. The standard InChI is InChI=1S/C22H32N4O3S/c1-2-29-21(27)19-17(23-22(28)24-20(19)18-9-6-14-30-18)15-25-10-12-26(13-11-25)16-7-4-3-5-8-16/h6,9,14,16,20H,2-5,7-8,10-13,15H2,1H3,(H2,23,24,28)/t20-/m1/s1. The van der Waals surface area contributed by atoms with Crippen LogP contribution < -0.4 is 10.6 Å². The number of urea groups is 1. The van der Waals surface area contributed by atoms with Crippen LogP contribution in [0, 0.1) is 0 Å². The maximum Gasteiger partial charge on any atom is 0.338 e. The molecule has 3 heterocycles. The smallest absolute Gasteiger partial charge is 0.338 e. The van der Waals surface area contributed by atoms with Crippen molar-refractivity contribution in [3.05, 3.63) is 33.7 Å². The molecule has 8 heteroatoms. The SMILES string of the molecule is CCOC(=O)C1=C(CN2CCN(C3CCCCC3)CC2)NC(=O)N[C@@H]1c1cccs1. The molecule has 30 heavy (non-hydrogen) atoms. The summed E-state index contributed by atoms with van der Waals surface area (Å²) in [6, 6.07) is 3.88. The minimum Gasteiger partial charge on any atom is -0.463 e. The van der Waals surface area contributed by atoms with Gasteiger partial charge < -0.3 is 15.4 Å². The first kappa shape index (κ1) is 21.3. The van der Waals surface area contributed by atoms with E-state index >= 15 is 0 Å². The quantitative estimate of drug-likeness (QED) is 0.676. The van der Waals surface area contributed by atoms with Crippen LogP contribution in [0.2, 0.25) is 0 Å². The van der Waals surface area contributed by atoms with Crippen LogP contribution in [0.25, 0.3) is 0 Å². The molecule has 2 aliphatic heterocycles. The Hall–Kier alpha value is -1.90. The molecule has 7 nitrogen and oxygen atoms in total. The van der Waals surface area contributed by atoms with Crippen molar-refractivity contribution in [2.24, 2.45) is 0 Å². The lowest BCUT2D eigenvalue weighted by Crippen LogP contribution is -2.53. The van der Waals surface area contributed by atoms with Gasteiger partial charge in [-0.1, -0.05) is 25.3 Å². The second-order valence-electron chi connectivity index (χ2n) is 8.26. The summed E-state index contributed by atoms with van der Waals surface area (Å²) in [5.41, 5.74) is 1.19. The molecule has 164 valence electrons. The molecular weight excluding hydrogens is 400 g/mol. The fourth-order valence-electron chi connectivity index (χ4n) is 4.82. The highest BCUT2D eigenvalue weighted by Gasteiger charge is 2.35. The van der Waals surface area contributed by atoms with E-state index in [0.717, 1.165) is 37.1 Å². The first-order valence-electron chi connectivity index (χ1n) is 11.1. The highest BCUT2D eigenvalue weighted by Crippen LogP contribution is 2.31. The lowest BCUT2D eigenvalue weighted by molar-refractivity contribution is -0.139. The van der Waals surface area contributed by atoms with Gasteiger partial charge in [-0.05, 0) is 31.2 Å². The number of piperazine rings is 1. The summed E-state index contributed by atoms with van der Waals surface area (Å²) in [6.07, 6.45) is 6.72. The number of ether oxygens (including phenoxy) is 1. The van der Waals surface area contributed by atoms with Gasteiger partial charge in [0.15, 0.2) is 0 Å². The summed E-state index contributed by atoms with van der Waals surface area (Å²) in [5, 5.41) is 7.75. The van der Waals surface area contributed by atoms with Crippen LogP contribution in [0.4, 0.5) is 4.79 Å². The molecule has 1 saturated heterocycles. The molecule has 1 aliphatic carbocycles. The van der Waals surface area contributed by atoms with E-state index in [-0.39, 0.29) is 12.0 Å². The fourth-order valence-corrected chi connectivity index (χ4v) is 5.60. The third-order valence-corrected chi connectivity index (χ3v) is 7.29. The number of amides is 2. The summed E-state index contributed by atoms with van der Waals surface area (Å²) in [4.78, 5) is 31.1. The van der Waals surface area contributed by atoms with Crippen LogP contribution in [0.1, 0.15) is 49.9 Å². The van der Waals surface area contributed by atoms with E-state index in [0.29, 0.717) is 24.4 Å². The zero-order valence-electron chi connectivity index (χ0n) is 17.7. The second kappa shape index (κ2) is 9.94. The van der Waals surface area contributed by atoms with Gasteiger partial charge in [0.05, 0.1) is 18.2 Å². The van der Waals surface area contributed by atoms with Crippen LogP contribution in [0.3, 0.4) is 0 Å². The number of carbonyl (C=O) groups is 2. The zero-order chi connectivity index (χ0) is 20.9. The Labute approximate surface area is 182 Å². The predicted octanol–water partition coefficient (Wildman–Crippen LogP) is 2.87. The molecule has 1 atom stereocenters. The van der Waals surface area contributed by atoms with Gasteiger partial charge in [-0.25, -0.2) is 9.59 Å². The maximum atomic E-state index is 12.8. The molecule has 2 fully saturated rings. The average molecular weight is 433 g/mol. The third-order valence-electron chi connectivity index (χ3n) is 6.36. The average Bonchev–Trinajstić information content (AvgIpc) is 3.29. The number of rotatable bonds is 6. The molecule has 0 radical (unpaired) electrons. The molecule has 1 aromatic heterocycles. The number of hydrogen-bond acceptors (Lipinski definition) is 6. The highest BCUT2D eigenvalue weighted by molar-refractivity contribution is 7.10.